The van der Waals surface area contributed by atoms with Gasteiger partial charge in [-0.05, 0) is 58.0 Å². The number of piperidine rings is 1. The Hall–Kier alpha value is -1.27. The van der Waals surface area contributed by atoms with Gasteiger partial charge >= 0.3 is 0 Å². The standard InChI is InChI=1S/C19H24Cl2N4O.ClH/c1-12-16(11-19(26)24(3)15-6-8-22-9-7-15)13(2)25(23-12)18-5-4-14(20)10-17(18)21;/h4-5,10,15,22H,6-9,11H2,1-3H3;1H. The van der Waals surface area contributed by atoms with Gasteiger partial charge in [0.15, 0.2) is 0 Å². The number of halogens is 3. The van der Waals surface area contributed by atoms with E-state index in [9.17, 15) is 4.79 Å². The predicted molar refractivity (Wildman–Crippen MR) is 113 cm³/mol. The molecular weight excluding hydrogens is 407 g/mol. The Kier molecular flexibility index (Phi) is 7.57. The third-order valence-corrected chi connectivity index (χ3v) is 5.69. The molecule has 1 aromatic carbocycles. The smallest absolute Gasteiger partial charge is 0.227 e. The summed E-state index contributed by atoms with van der Waals surface area (Å²) in [5, 5.41) is 9.06. The molecule has 0 atom stereocenters. The molecule has 148 valence electrons. The highest BCUT2D eigenvalue weighted by molar-refractivity contribution is 6.35. The van der Waals surface area contributed by atoms with Crippen LogP contribution in [0, 0.1) is 13.8 Å². The van der Waals surface area contributed by atoms with Gasteiger partial charge in [0.2, 0.25) is 5.91 Å². The van der Waals surface area contributed by atoms with Crippen molar-refractivity contribution in [2.75, 3.05) is 20.1 Å². The van der Waals surface area contributed by atoms with Crippen molar-refractivity contribution in [1.82, 2.24) is 20.0 Å². The fourth-order valence-corrected chi connectivity index (χ4v) is 3.98. The molecule has 27 heavy (non-hydrogen) atoms. The second-order valence-electron chi connectivity index (χ2n) is 6.82. The van der Waals surface area contributed by atoms with Crippen LogP contribution in [0.3, 0.4) is 0 Å². The number of carbonyl (C=O) groups excluding carboxylic acids is 1. The van der Waals surface area contributed by atoms with Gasteiger partial charge < -0.3 is 10.2 Å². The number of hydrogen-bond donors (Lipinski definition) is 1. The van der Waals surface area contributed by atoms with E-state index in [-0.39, 0.29) is 18.3 Å². The maximum atomic E-state index is 12.8. The summed E-state index contributed by atoms with van der Waals surface area (Å²) in [4.78, 5) is 14.7. The number of aryl methyl sites for hydroxylation is 1. The van der Waals surface area contributed by atoms with Crippen molar-refractivity contribution >= 4 is 41.5 Å². The molecule has 0 saturated carbocycles. The zero-order chi connectivity index (χ0) is 18.8. The van der Waals surface area contributed by atoms with E-state index in [0.29, 0.717) is 22.5 Å². The molecule has 1 saturated heterocycles. The van der Waals surface area contributed by atoms with E-state index in [1.165, 1.54) is 0 Å². The number of amides is 1. The van der Waals surface area contributed by atoms with Crippen LogP contribution in [0.25, 0.3) is 5.69 Å². The van der Waals surface area contributed by atoms with E-state index in [4.69, 9.17) is 23.2 Å². The molecule has 1 aromatic heterocycles. The van der Waals surface area contributed by atoms with Crippen LogP contribution in [-0.2, 0) is 11.2 Å². The van der Waals surface area contributed by atoms with Crippen molar-refractivity contribution in [3.8, 4) is 5.69 Å². The minimum Gasteiger partial charge on any atom is -0.342 e. The van der Waals surface area contributed by atoms with Crippen LogP contribution in [-0.4, -0.2) is 46.8 Å². The lowest BCUT2D eigenvalue weighted by molar-refractivity contribution is -0.131. The molecule has 3 rings (SSSR count). The molecule has 0 aliphatic carbocycles. The number of hydrogen-bond acceptors (Lipinski definition) is 3. The summed E-state index contributed by atoms with van der Waals surface area (Å²) in [5.74, 6) is 0.129. The molecule has 0 bridgehead atoms. The van der Waals surface area contributed by atoms with Crippen LogP contribution >= 0.6 is 35.6 Å². The average molecular weight is 432 g/mol. The predicted octanol–water partition coefficient (Wildman–Crippen LogP) is 3.97. The number of nitrogens with zero attached hydrogens (tertiary/aromatic N) is 3. The monoisotopic (exact) mass is 430 g/mol. The van der Waals surface area contributed by atoms with Gasteiger partial charge in [-0.25, -0.2) is 4.68 Å². The lowest BCUT2D eigenvalue weighted by Crippen LogP contribution is -2.44. The first-order valence-corrected chi connectivity index (χ1v) is 9.61. The molecule has 2 aromatic rings. The van der Waals surface area contributed by atoms with E-state index in [2.05, 4.69) is 10.4 Å². The summed E-state index contributed by atoms with van der Waals surface area (Å²) in [7, 11) is 1.91. The number of nitrogens with one attached hydrogen (secondary N) is 1. The van der Waals surface area contributed by atoms with Crippen LogP contribution < -0.4 is 5.32 Å². The second-order valence-corrected chi connectivity index (χ2v) is 7.66. The van der Waals surface area contributed by atoms with Gasteiger partial charge in [0.1, 0.15) is 0 Å². The minimum absolute atomic E-state index is 0. The van der Waals surface area contributed by atoms with Crippen molar-refractivity contribution < 1.29 is 4.79 Å². The molecule has 1 aliphatic heterocycles. The molecule has 2 heterocycles. The summed E-state index contributed by atoms with van der Waals surface area (Å²) < 4.78 is 1.79. The third kappa shape index (κ3) is 4.77. The maximum absolute atomic E-state index is 12.8. The topological polar surface area (TPSA) is 50.2 Å². The summed E-state index contributed by atoms with van der Waals surface area (Å²) in [6.45, 7) is 5.83. The van der Waals surface area contributed by atoms with Crippen LogP contribution in [0.2, 0.25) is 10.0 Å². The largest absolute Gasteiger partial charge is 0.342 e. The highest BCUT2D eigenvalue weighted by Crippen LogP contribution is 2.27. The van der Waals surface area contributed by atoms with Crippen LogP contribution in [0.15, 0.2) is 18.2 Å². The van der Waals surface area contributed by atoms with Gasteiger partial charge in [-0.3, -0.25) is 4.79 Å². The third-order valence-electron chi connectivity index (χ3n) is 5.16. The first-order chi connectivity index (χ1) is 12.4. The fraction of sp³-hybridized carbons (Fsp3) is 0.474. The molecule has 0 spiro atoms. The van der Waals surface area contributed by atoms with Gasteiger partial charge in [-0.1, -0.05) is 23.2 Å². The maximum Gasteiger partial charge on any atom is 0.227 e. The van der Waals surface area contributed by atoms with Crippen LogP contribution in [0.4, 0.5) is 0 Å². The van der Waals surface area contributed by atoms with Gasteiger partial charge in [-0.2, -0.15) is 5.10 Å². The van der Waals surface area contributed by atoms with E-state index >= 15 is 0 Å². The number of carbonyl (C=O) groups is 1. The molecule has 1 aliphatic rings. The zero-order valence-electron chi connectivity index (χ0n) is 15.8. The minimum atomic E-state index is 0. The number of rotatable bonds is 4. The van der Waals surface area contributed by atoms with Gasteiger partial charge in [-0.15, -0.1) is 12.4 Å². The van der Waals surface area contributed by atoms with Crippen molar-refractivity contribution in [3.63, 3.8) is 0 Å². The average Bonchev–Trinajstić information content (AvgIpc) is 2.90. The molecule has 0 unspecified atom stereocenters. The SMILES string of the molecule is Cc1nn(-c2ccc(Cl)cc2Cl)c(C)c1CC(=O)N(C)C1CCNCC1.Cl. The highest BCUT2D eigenvalue weighted by atomic mass is 35.5. The lowest BCUT2D eigenvalue weighted by atomic mass is 10.0. The summed E-state index contributed by atoms with van der Waals surface area (Å²) >= 11 is 12.3. The van der Waals surface area contributed by atoms with Gasteiger partial charge in [0, 0.05) is 29.4 Å². The number of aromatic nitrogens is 2. The Morgan fingerprint density at radius 2 is 1.96 bits per heavy atom. The van der Waals surface area contributed by atoms with Crippen molar-refractivity contribution in [2.45, 2.75) is 39.2 Å². The van der Waals surface area contributed by atoms with Crippen LogP contribution in [0.1, 0.15) is 29.8 Å². The zero-order valence-corrected chi connectivity index (χ0v) is 18.1. The number of benzene rings is 1. The molecular formula is C19H25Cl3N4O. The number of likely N-dealkylation sites (N-methyl/N-ethyl adjacent to an activating group) is 1. The van der Waals surface area contributed by atoms with E-state index in [1.807, 2.05) is 31.9 Å². The van der Waals surface area contributed by atoms with Gasteiger partial charge in [0.25, 0.3) is 0 Å². The molecule has 5 nitrogen and oxygen atoms in total. The Morgan fingerprint density at radius 3 is 2.59 bits per heavy atom. The lowest BCUT2D eigenvalue weighted by Gasteiger charge is -2.31. The quantitative estimate of drug-likeness (QED) is 0.797. The van der Waals surface area contributed by atoms with Crippen molar-refractivity contribution in [1.29, 1.82) is 0 Å². The molecule has 1 fully saturated rings. The first kappa shape index (κ1) is 22.0. The molecule has 1 amide bonds. The van der Waals surface area contributed by atoms with Crippen LogP contribution in [0.5, 0.6) is 0 Å². The van der Waals surface area contributed by atoms with E-state index < -0.39 is 0 Å². The first-order valence-electron chi connectivity index (χ1n) is 8.85. The van der Waals surface area contributed by atoms with E-state index in [0.717, 1.165) is 48.6 Å². The molecule has 1 N–H and O–H groups in total. The fourth-order valence-electron chi connectivity index (χ4n) is 3.49. The molecule has 8 heteroatoms. The Morgan fingerprint density at radius 1 is 1.30 bits per heavy atom. The van der Waals surface area contributed by atoms with Gasteiger partial charge in [0.05, 0.1) is 22.8 Å². The molecule has 0 radical (unpaired) electrons. The Bertz CT molecular complexity index is 816. The Balaban J connectivity index is 0.00000261. The second kappa shape index (κ2) is 9.28. The summed E-state index contributed by atoms with van der Waals surface area (Å²) in [6, 6.07) is 5.64. The Labute approximate surface area is 176 Å². The normalized spacial score (nSPS) is 14.7. The van der Waals surface area contributed by atoms with E-state index in [1.54, 1.807) is 16.8 Å². The van der Waals surface area contributed by atoms with Crippen molar-refractivity contribution in [2.24, 2.45) is 0 Å². The van der Waals surface area contributed by atoms with Crippen molar-refractivity contribution in [3.05, 3.63) is 45.2 Å². The summed E-state index contributed by atoms with van der Waals surface area (Å²) in [6.07, 6.45) is 2.35. The highest BCUT2D eigenvalue weighted by Gasteiger charge is 2.24. The summed E-state index contributed by atoms with van der Waals surface area (Å²) in [5.41, 5.74) is 3.50.